The van der Waals surface area contributed by atoms with Gasteiger partial charge in [-0.05, 0) is 18.7 Å². The molecule has 1 aromatic heterocycles. The van der Waals surface area contributed by atoms with Gasteiger partial charge in [-0.15, -0.1) is 0 Å². The SMILES string of the molecule is CN[C@@H](Cc1cn(OC)c2ccccc12)C(=O)OC. The summed E-state index contributed by atoms with van der Waals surface area (Å²) in [5.41, 5.74) is 2.03. The number of carbonyl (C=O) groups excluding carboxylic acids is 1. The van der Waals surface area contributed by atoms with Gasteiger partial charge in [-0.1, -0.05) is 18.2 Å². The molecule has 0 aliphatic heterocycles. The predicted molar refractivity (Wildman–Crippen MR) is 73.0 cm³/mol. The summed E-state index contributed by atoms with van der Waals surface area (Å²) in [6, 6.07) is 7.57. The average Bonchev–Trinajstić information content (AvgIpc) is 2.82. The summed E-state index contributed by atoms with van der Waals surface area (Å²) in [4.78, 5) is 16.9. The molecule has 19 heavy (non-hydrogen) atoms. The van der Waals surface area contributed by atoms with Crippen LogP contribution < -0.4 is 10.2 Å². The van der Waals surface area contributed by atoms with Crippen molar-refractivity contribution in [2.24, 2.45) is 0 Å². The van der Waals surface area contributed by atoms with Gasteiger partial charge in [0.1, 0.15) is 13.2 Å². The molecule has 1 N–H and O–H groups in total. The van der Waals surface area contributed by atoms with E-state index in [-0.39, 0.29) is 12.0 Å². The smallest absolute Gasteiger partial charge is 0.323 e. The van der Waals surface area contributed by atoms with Crippen molar-refractivity contribution in [2.75, 3.05) is 21.3 Å². The van der Waals surface area contributed by atoms with E-state index in [1.807, 2.05) is 30.5 Å². The molecule has 1 aromatic carbocycles. The monoisotopic (exact) mass is 262 g/mol. The Balaban J connectivity index is 2.37. The van der Waals surface area contributed by atoms with E-state index in [0.717, 1.165) is 16.5 Å². The molecule has 1 atom stereocenters. The predicted octanol–water partition coefficient (Wildman–Crippen LogP) is 1.00. The maximum atomic E-state index is 11.6. The number of nitrogens with one attached hydrogen (secondary N) is 1. The highest BCUT2D eigenvalue weighted by Crippen LogP contribution is 2.21. The Morgan fingerprint density at radius 1 is 1.37 bits per heavy atom. The van der Waals surface area contributed by atoms with Gasteiger partial charge in [0.2, 0.25) is 0 Å². The molecule has 102 valence electrons. The fraction of sp³-hybridized carbons (Fsp3) is 0.357. The third kappa shape index (κ3) is 2.56. The van der Waals surface area contributed by atoms with Crippen molar-refractivity contribution in [3.8, 4) is 0 Å². The number of esters is 1. The van der Waals surface area contributed by atoms with E-state index in [0.29, 0.717) is 6.42 Å². The second-order valence-corrected chi connectivity index (χ2v) is 4.25. The number of hydrogen-bond donors (Lipinski definition) is 1. The summed E-state index contributed by atoms with van der Waals surface area (Å²) in [6.45, 7) is 0. The highest BCUT2D eigenvalue weighted by atomic mass is 16.6. The van der Waals surface area contributed by atoms with Gasteiger partial charge < -0.3 is 14.9 Å². The van der Waals surface area contributed by atoms with Gasteiger partial charge in [0.25, 0.3) is 0 Å². The van der Waals surface area contributed by atoms with Gasteiger partial charge in [-0.3, -0.25) is 4.79 Å². The third-order valence-corrected chi connectivity index (χ3v) is 3.22. The van der Waals surface area contributed by atoms with Crippen LogP contribution in [0.3, 0.4) is 0 Å². The number of rotatable bonds is 5. The summed E-state index contributed by atoms with van der Waals surface area (Å²) < 4.78 is 6.48. The lowest BCUT2D eigenvalue weighted by Crippen LogP contribution is -2.36. The van der Waals surface area contributed by atoms with Crippen LogP contribution in [-0.2, 0) is 16.0 Å². The topological polar surface area (TPSA) is 52.5 Å². The van der Waals surface area contributed by atoms with Crippen molar-refractivity contribution in [2.45, 2.75) is 12.5 Å². The molecule has 0 saturated heterocycles. The quantitative estimate of drug-likeness (QED) is 0.817. The normalized spacial score (nSPS) is 12.4. The Morgan fingerprint density at radius 2 is 2.11 bits per heavy atom. The van der Waals surface area contributed by atoms with Crippen LogP contribution in [0.15, 0.2) is 30.5 Å². The lowest BCUT2D eigenvalue weighted by Gasteiger charge is -2.12. The lowest BCUT2D eigenvalue weighted by atomic mass is 10.1. The van der Waals surface area contributed by atoms with Gasteiger partial charge in [0.05, 0.1) is 12.6 Å². The van der Waals surface area contributed by atoms with Crippen LogP contribution >= 0.6 is 0 Å². The second-order valence-electron chi connectivity index (χ2n) is 4.25. The number of benzene rings is 1. The first-order chi connectivity index (χ1) is 9.21. The molecular weight excluding hydrogens is 244 g/mol. The largest absolute Gasteiger partial charge is 0.468 e. The minimum absolute atomic E-state index is 0.267. The molecule has 0 bridgehead atoms. The summed E-state index contributed by atoms with van der Waals surface area (Å²) >= 11 is 0. The highest BCUT2D eigenvalue weighted by Gasteiger charge is 2.20. The van der Waals surface area contributed by atoms with Crippen molar-refractivity contribution in [3.63, 3.8) is 0 Å². The molecule has 0 amide bonds. The van der Waals surface area contributed by atoms with Crippen LogP contribution in [0.5, 0.6) is 0 Å². The van der Waals surface area contributed by atoms with Crippen molar-refractivity contribution in [1.82, 2.24) is 10.0 Å². The molecule has 5 heteroatoms. The molecule has 0 saturated carbocycles. The zero-order chi connectivity index (χ0) is 13.8. The molecule has 0 radical (unpaired) electrons. The van der Waals surface area contributed by atoms with Gasteiger partial charge in [0.15, 0.2) is 0 Å². The first kappa shape index (κ1) is 13.4. The molecule has 2 aromatic rings. The number of methoxy groups -OCH3 is 1. The summed E-state index contributed by atoms with van der Waals surface area (Å²) in [5, 5.41) is 4.05. The number of hydrogen-bond acceptors (Lipinski definition) is 4. The number of para-hydroxylation sites is 1. The molecule has 1 heterocycles. The van der Waals surface area contributed by atoms with Crippen molar-refractivity contribution in [3.05, 3.63) is 36.0 Å². The summed E-state index contributed by atoms with van der Waals surface area (Å²) in [5.74, 6) is -0.267. The maximum absolute atomic E-state index is 11.6. The van der Waals surface area contributed by atoms with E-state index in [1.165, 1.54) is 7.11 Å². The summed E-state index contributed by atoms with van der Waals surface area (Å²) in [7, 11) is 4.76. The van der Waals surface area contributed by atoms with Gasteiger partial charge in [-0.25, -0.2) is 0 Å². The van der Waals surface area contributed by atoms with E-state index in [9.17, 15) is 4.79 Å². The first-order valence-corrected chi connectivity index (χ1v) is 6.09. The Morgan fingerprint density at radius 3 is 2.74 bits per heavy atom. The van der Waals surface area contributed by atoms with E-state index < -0.39 is 0 Å². The molecule has 0 spiro atoms. The van der Waals surface area contributed by atoms with Crippen LogP contribution in [0, 0.1) is 0 Å². The number of aromatic nitrogens is 1. The van der Waals surface area contributed by atoms with Crippen LogP contribution in [0.25, 0.3) is 10.9 Å². The van der Waals surface area contributed by atoms with Crippen molar-refractivity contribution >= 4 is 16.9 Å². The Labute approximate surface area is 112 Å². The van der Waals surface area contributed by atoms with Crippen molar-refractivity contribution < 1.29 is 14.4 Å². The summed E-state index contributed by atoms with van der Waals surface area (Å²) in [6.07, 6.45) is 2.46. The van der Waals surface area contributed by atoms with Crippen LogP contribution in [-0.4, -0.2) is 38.0 Å². The first-order valence-electron chi connectivity index (χ1n) is 6.09. The molecule has 0 unspecified atom stereocenters. The van der Waals surface area contributed by atoms with Crippen LogP contribution in [0.4, 0.5) is 0 Å². The molecule has 0 aliphatic carbocycles. The molecule has 0 aliphatic rings. The van der Waals surface area contributed by atoms with Crippen LogP contribution in [0.2, 0.25) is 0 Å². The Hall–Kier alpha value is -2.01. The number of nitrogens with zero attached hydrogens (tertiary/aromatic N) is 1. The Bertz CT molecular complexity index is 577. The van der Waals surface area contributed by atoms with Gasteiger partial charge in [0, 0.05) is 18.0 Å². The van der Waals surface area contributed by atoms with E-state index in [2.05, 4.69) is 5.32 Å². The zero-order valence-electron chi connectivity index (χ0n) is 11.3. The minimum Gasteiger partial charge on any atom is -0.468 e. The third-order valence-electron chi connectivity index (χ3n) is 3.22. The minimum atomic E-state index is -0.360. The number of ether oxygens (including phenoxy) is 1. The van der Waals surface area contributed by atoms with E-state index >= 15 is 0 Å². The van der Waals surface area contributed by atoms with Crippen LogP contribution in [0.1, 0.15) is 5.56 Å². The van der Waals surface area contributed by atoms with Crippen molar-refractivity contribution in [1.29, 1.82) is 0 Å². The second kappa shape index (κ2) is 5.75. The molecule has 0 fully saturated rings. The Kier molecular flexibility index (Phi) is 4.06. The maximum Gasteiger partial charge on any atom is 0.323 e. The number of fused-ring (bicyclic) bond motifs is 1. The number of likely N-dealkylation sites (N-methyl/N-ethyl adjacent to an activating group) is 1. The fourth-order valence-corrected chi connectivity index (χ4v) is 2.20. The van der Waals surface area contributed by atoms with Gasteiger partial charge >= 0.3 is 5.97 Å². The zero-order valence-corrected chi connectivity index (χ0v) is 11.3. The fourth-order valence-electron chi connectivity index (χ4n) is 2.20. The number of carbonyl (C=O) groups is 1. The molecule has 2 rings (SSSR count). The van der Waals surface area contributed by atoms with Gasteiger partial charge in [-0.2, -0.15) is 4.73 Å². The lowest BCUT2D eigenvalue weighted by molar-refractivity contribution is -0.142. The average molecular weight is 262 g/mol. The molecule has 5 nitrogen and oxygen atoms in total. The standard InChI is InChI=1S/C14H18N2O3/c1-15-12(14(17)18-2)8-10-9-16(19-3)13-7-5-4-6-11(10)13/h4-7,9,12,15H,8H2,1-3H3/t12-/m0/s1. The van der Waals surface area contributed by atoms with E-state index in [1.54, 1.807) is 18.9 Å². The van der Waals surface area contributed by atoms with E-state index in [4.69, 9.17) is 9.57 Å². The molecular formula is C14H18N2O3. The highest BCUT2D eigenvalue weighted by molar-refractivity contribution is 5.85.